The molecule has 1 unspecified atom stereocenters. The van der Waals surface area contributed by atoms with Crippen molar-refractivity contribution in [1.82, 2.24) is 4.72 Å². The van der Waals surface area contributed by atoms with Gasteiger partial charge in [0.15, 0.2) is 0 Å². The van der Waals surface area contributed by atoms with E-state index in [0.29, 0.717) is 5.56 Å². The van der Waals surface area contributed by atoms with E-state index in [4.69, 9.17) is 23.2 Å². The van der Waals surface area contributed by atoms with Crippen LogP contribution in [0.4, 0.5) is 8.78 Å². The number of sulfonamides is 1. The fourth-order valence-corrected chi connectivity index (χ4v) is 3.84. The standard InChI is InChI=1S/C11H9Cl2F2NO3S/c1-5-2-3-7(12)9(8(5)13)20(18,19)16-10(17)6-4-11(6,14)15/h2-3,6H,4H2,1H3,(H,16,17). The zero-order valence-corrected chi connectivity index (χ0v) is 12.4. The maximum absolute atomic E-state index is 12.7. The molecule has 20 heavy (non-hydrogen) atoms. The fraction of sp³-hybridized carbons (Fsp3) is 0.364. The van der Waals surface area contributed by atoms with Crippen LogP contribution in [-0.2, 0) is 14.8 Å². The molecule has 1 amide bonds. The summed E-state index contributed by atoms with van der Waals surface area (Å²) in [6.07, 6.45) is -0.663. The third kappa shape index (κ3) is 2.75. The number of nitrogens with one attached hydrogen (secondary N) is 1. The summed E-state index contributed by atoms with van der Waals surface area (Å²) >= 11 is 11.6. The number of aryl methyl sites for hydroxylation is 1. The third-order valence-corrected chi connectivity index (χ3v) is 5.35. The Morgan fingerprint density at radius 1 is 1.40 bits per heavy atom. The summed E-state index contributed by atoms with van der Waals surface area (Å²) in [5, 5.41) is -0.344. The van der Waals surface area contributed by atoms with Gasteiger partial charge < -0.3 is 0 Å². The van der Waals surface area contributed by atoms with E-state index in [9.17, 15) is 22.0 Å². The van der Waals surface area contributed by atoms with Gasteiger partial charge in [0.25, 0.3) is 15.9 Å². The molecule has 9 heteroatoms. The lowest BCUT2D eigenvalue weighted by Gasteiger charge is -2.11. The van der Waals surface area contributed by atoms with Crippen LogP contribution < -0.4 is 4.72 Å². The summed E-state index contributed by atoms with van der Waals surface area (Å²) in [6, 6.07) is 2.80. The Morgan fingerprint density at radius 2 is 1.95 bits per heavy atom. The first kappa shape index (κ1) is 15.5. The normalized spacial score (nSPS) is 20.6. The zero-order chi connectivity index (χ0) is 15.3. The lowest BCUT2D eigenvalue weighted by Crippen LogP contribution is -2.33. The fourth-order valence-electron chi connectivity index (χ4n) is 1.63. The van der Waals surface area contributed by atoms with Crippen LogP contribution in [0.3, 0.4) is 0 Å². The van der Waals surface area contributed by atoms with Gasteiger partial charge in [-0.15, -0.1) is 0 Å². The molecule has 0 radical (unpaired) electrons. The second-order valence-electron chi connectivity index (χ2n) is 4.49. The Bertz CT molecular complexity index is 691. The van der Waals surface area contributed by atoms with E-state index in [1.165, 1.54) is 12.1 Å². The summed E-state index contributed by atoms with van der Waals surface area (Å²) in [4.78, 5) is 11.0. The minimum atomic E-state index is -4.40. The maximum Gasteiger partial charge on any atom is 0.267 e. The van der Waals surface area contributed by atoms with E-state index in [0.717, 1.165) is 0 Å². The Hall–Kier alpha value is -0.920. The topological polar surface area (TPSA) is 63.2 Å². The minimum Gasteiger partial charge on any atom is -0.273 e. The molecule has 1 aromatic carbocycles. The van der Waals surface area contributed by atoms with Crippen molar-refractivity contribution < 1.29 is 22.0 Å². The molecule has 1 atom stereocenters. The zero-order valence-electron chi connectivity index (χ0n) is 10.1. The van der Waals surface area contributed by atoms with Gasteiger partial charge in [-0.05, 0) is 18.6 Å². The molecule has 0 bridgehead atoms. The van der Waals surface area contributed by atoms with Crippen molar-refractivity contribution in [2.24, 2.45) is 5.92 Å². The SMILES string of the molecule is Cc1ccc(Cl)c(S(=O)(=O)NC(=O)C2CC2(F)F)c1Cl. The summed E-state index contributed by atoms with van der Waals surface area (Å²) in [5.41, 5.74) is 0.431. The highest BCUT2D eigenvalue weighted by Crippen LogP contribution is 2.48. The Kier molecular flexibility index (Phi) is 3.73. The van der Waals surface area contributed by atoms with Gasteiger partial charge in [-0.3, -0.25) is 4.79 Å². The molecule has 0 heterocycles. The van der Waals surface area contributed by atoms with E-state index in [-0.39, 0.29) is 10.0 Å². The number of benzene rings is 1. The van der Waals surface area contributed by atoms with E-state index in [1.807, 2.05) is 0 Å². The third-order valence-electron chi connectivity index (χ3n) is 2.89. The molecule has 2 rings (SSSR count). The Labute approximate surface area is 124 Å². The highest BCUT2D eigenvalue weighted by molar-refractivity contribution is 7.90. The lowest BCUT2D eigenvalue weighted by molar-refractivity contribution is -0.122. The number of carbonyl (C=O) groups is 1. The van der Waals surface area contributed by atoms with Gasteiger partial charge in [0.2, 0.25) is 5.91 Å². The first-order valence-corrected chi connectivity index (χ1v) is 7.69. The molecule has 1 saturated carbocycles. The van der Waals surface area contributed by atoms with Crippen molar-refractivity contribution in [3.8, 4) is 0 Å². The molecule has 0 saturated heterocycles. The molecule has 0 spiro atoms. The van der Waals surface area contributed by atoms with Crippen molar-refractivity contribution in [3.05, 3.63) is 27.7 Å². The van der Waals surface area contributed by atoms with Crippen molar-refractivity contribution in [1.29, 1.82) is 0 Å². The smallest absolute Gasteiger partial charge is 0.267 e. The highest BCUT2D eigenvalue weighted by atomic mass is 35.5. The van der Waals surface area contributed by atoms with Gasteiger partial charge in [0, 0.05) is 6.42 Å². The number of hydrogen-bond donors (Lipinski definition) is 1. The van der Waals surface area contributed by atoms with Crippen LogP contribution in [0.25, 0.3) is 0 Å². The number of amides is 1. The predicted octanol–water partition coefficient (Wildman–Crippen LogP) is 2.76. The highest BCUT2D eigenvalue weighted by Gasteiger charge is 2.61. The molecule has 0 aromatic heterocycles. The van der Waals surface area contributed by atoms with Gasteiger partial charge in [-0.1, -0.05) is 29.3 Å². The van der Waals surface area contributed by atoms with Crippen LogP contribution in [-0.4, -0.2) is 20.2 Å². The number of rotatable bonds is 3. The van der Waals surface area contributed by atoms with Crippen molar-refractivity contribution in [3.63, 3.8) is 0 Å². The lowest BCUT2D eigenvalue weighted by atomic mass is 10.2. The van der Waals surface area contributed by atoms with Crippen LogP contribution in [0.2, 0.25) is 10.0 Å². The second-order valence-corrected chi connectivity index (χ2v) is 6.90. The van der Waals surface area contributed by atoms with Crippen LogP contribution in [0.5, 0.6) is 0 Å². The summed E-state index contributed by atoms with van der Waals surface area (Å²) in [5.74, 6) is -6.04. The van der Waals surface area contributed by atoms with Gasteiger partial charge in [0.1, 0.15) is 10.8 Å². The van der Waals surface area contributed by atoms with Crippen LogP contribution in [0, 0.1) is 12.8 Å². The van der Waals surface area contributed by atoms with E-state index in [2.05, 4.69) is 0 Å². The predicted molar refractivity (Wildman–Crippen MR) is 69.6 cm³/mol. The molecule has 1 fully saturated rings. The molecule has 1 aliphatic rings. The number of halogens is 4. The molecule has 1 N–H and O–H groups in total. The molecular formula is C11H9Cl2F2NO3S. The number of carbonyl (C=O) groups excluding carboxylic acids is 1. The second kappa shape index (κ2) is 4.82. The van der Waals surface area contributed by atoms with Crippen molar-refractivity contribution >= 4 is 39.1 Å². The first-order chi connectivity index (χ1) is 9.06. The monoisotopic (exact) mass is 343 g/mol. The average Bonchev–Trinajstić information content (AvgIpc) is 2.93. The number of hydrogen-bond acceptors (Lipinski definition) is 3. The molecule has 0 aliphatic heterocycles. The summed E-state index contributed by atoms with van der Waals surface area (Å²) in [6.45, 7) is 1.55. The van der Waals surface area contributed by atoms with Gasteiger partial charge in [-0.25, -0.2) is 21.9 Å². The van der Waals surface area contributed by atoms with E-state index in [1.54, 1.807) is 11.6 Å². The molecular weight excluding hydrogens is 335 g/mol. The van der Waals surface area contributed by atoms with Gasteiger partial charge >= 0.3 is 0 Å². The maximum atomic E-state index is 12.7. The molecule has 110 valence electrons. The van der Waals surface area contributed by atoms with Gasteiger partial charge in [-0.2, -0.15) is 0 Å². The van der Waals surface area contributed by atoms with Crippen LogP contribution in [0.1, 0.15) is 12.0 Å². The van der Waals surface area contributed by atoms with Crippen molar-refractivity contribution in [2.75, 3.05) is 0 Å². The molecule has 1 aliphatic carbocycles. The first-order valence-electron chi connectivity index (χ1n) is 5.45. The Morgan fingerprint density at radius 3 is 2.45 bits per heavy atom. The minimum absolute atomic E-state index is 0.152. The van der Waals surface area contributed by atoms with Crippen LogP contribution >= 0.6 is 23.2 Å². The quantitative estimate of drug-likeness (QED) is 0.917. The molecule has 4 nitrogen and oxygen atoms in total. The van der Waals surface area contributed by atoms with Crippen molar-refractivity contribution in [2.45, 2.75) is 24.2 Å². The summed E-state index contributed by atoms with van der Waals surface area (Å²) < 4.78 is 51.1. The molecule has 1 aromatic rings. The van der Waals surface area contributed by atoms with Gasteiger partial charge in [0.05, 0.1) is 10.0 Å². The van der Waals surface area contributed by atoms with E-state index >= 15 is 0 Å². The van der Waals surface area contributed by atoms with E-state index < -0.39 is 39.1 Å². The Balaban J connectivity index is 2.33. The largest absolute Gasteiger partial charge is 0.273 e. The average molecular weight is 344 g/mol. The summed E-state index contributed by atoms with van der Waals surface area (Å²) in [7, 11) is -4.40. The number of alkyl halides is 2. The van der Waals surface area contributed by atoms with Crippen LogP contribution in [0.15, 0.2) is 17.0 Å².